The number of halogens is 1. The summed E-state index contributed by atoms with van der Waals surface area (Å²) < 4.78 is 0.566. The first-order valence-corrected chi connectivity index (χ1v) is 7.18. The van der Waals surface area contributed by atoms with Crippen LogP contribution in [0.1, 0.15) is 58.3 Å². The molecule has 1 saturated heterocycles. The molecule has 84 valence electrons. The molecule has 0 aromatic rings. The number of rotatable bonds is 0. The van der Waals surface area contributed by atoms with Crippen molar-refractivity contribution in [3.8, 4) is 0 Å². The third-order valence-electron chi connectivity index (χ3n) is 3.10. The summed E-state index contributed by atoms with van der Waals surface area (Å²) in [5.41, 5.74) is 0. The Morgan fingerprint density at radius 1 is 0.857 bits per heavy atom. The molecular weight excluding hydrogens is 285 g/mol. The zero-order valence-electron chi connectivity index (χ0n) is 9.45. The van der Waals surface area contributed by atoms with Crippen LogP contribution in [0.3, 0.4) is 0 Å². The van der Waals surface area contributed by atoms with Gasteiger partial charge in [0.15, 0.2) is 0 Å². The zero-order valence-corrected chi connectivity index (χ0v) is 11.6. The fourth-order valence-electron chi connectivity index (χ4n) is 2.09. The summed E-state index contributed by atoms with van der Waals surface area (Å²) in [7, 11) is 0. The maximum atomic E-state index is 3.53. The quantitative estimate of drug-likeness (QED) is 0.528. The summed E-state index contributed by atoms with van der Waals surface area (Å²) in [6.07, 6.45) is 11.2. The lowest BCUT2D eigenvalue weighted by atomic mass is 9.96. The van der Waals surface area contributed by atoms with Crippen molar-refractivity contribution in [3.63, 3.8) is 0 Å². The highest BCUT2D eigenvalue weighted by Crippen LogP contribution is 2.31. The van der Waals surface area contributed by atoms with Crippen molar-refractivity contribution in [3.05, 3.63) is 0 Å². The normalized spacial score (nSPS) is 33.0. The first-order valence-electron chi connectivity index (χ1n) is 6.10. The van der Waals surface area contributed by atoms with Gasteiger partial charge in [0.25, 0.3) is 0 Å². The van der Waals surface area contributed by atoms with Crippen LogP contribution < -0.4 is 5.32 Å². The van der Waals surface area contributed by atoms with E-state index in [1.54, 1.807) is 0 Å². The molecule has 0 bridgehead atoms. The summed E-state index contributed by atoms with van der Waals surface area (Å²) >= 11 is 2.66. The topological polar surface area (TPSA) is 12.0 Å². The van der Waals surface area contributed by atoms with Crippen LogP contribution in [0.4, 0.5) is 0 Å². The summed E-state index contributed by atoms with van der Waals surface area (Å²) in [5.74, 6) is 0. The fourth-order valence-corrected chi connectivity index (χ4v) is 2.85. The third-order valence-corrected chi connectivity index (χ3v) is 4.18. The molecule has 0 radical (unpaired) electrons. The minimum Gasteiger partial charge on any atom is -0.317 e. The van der Waals surface area contributed by atoms with Gasteiger partial charge < -0.3 is 5.32 Å². The van der Waals surface area contributed by atoms with Crippen molar-refractivity contribution >= 4 is 22.6 Å². The molecular formula is C12H24IN. The van der Waals surface area contributed by atoms with Crippen molar-refractivity contribution < 1.29 is 0 Å². The summed E-state index contributed by atoms with van der Waals surface area (Å²) in [6.45, 7) is 4.89. The van der Waals surface area contributed by atoms with Crippen LogP contribution in [0.15, 0.2) is 0 Å². The maximum absolute atomic E-state index is 3.53. The van der Waals surface area contributed by atoms with Gasteiger partial charge >= 0.3 is 0 Å². The molecule has 14 heavy (non-hydrogen) atoms. The third kappa shape index (κ3) is 6.23. The molecule has 1 unspecified atom stereocenters. The molecule has 1 rings (SSSR count). The van der Waals surface area contributed by atoms with Crippen LogP contribution >= 0.6 is 22.6 Å². The Hall–Kier alpha value is 0.690. The maximum Gasteiger partial charge on any atom is 0.0194 e. The lowest BCUT2D eigenvalue weighted by molar-refractivity contribution is 0.470. The van der Waals surface area contributed by atoms with Gasteiger partial charge in [-0.3, -0.25) is 0 Å². The Kier molecular flexibility index (Phi) is 6.42. The lowest BCUT2D eigenvalue weighted by Crippen LogP contribution is -2.20. The second-order valence-electron chi connectivity index (χ2n) is 4.78. The number of hydrogen-bond donors (Lipinski definition) is 1. The molecule has 1 aliphatic heterocycles. The first-order chi connectivity index (χ1) is 6.71. The molecule has 1 N–H and O–H groups in total. The standard InChI is InChI=1S/C12H24IN/c1-12(13)8-4-2-3-6-10-14-11-7-5-9-12/h14H,2-11H2,1H3. The Morgan fingerprint density at radius 2 is 1.36 bits per heavy atom. The minimum atomic E-state index is 0.566. The zero-order chi connectivity index (χ0) is 10.3. The molecule has 1 nitrogen and oxygen atoms in total. The number of hydrogen-bond acceptors (Lipinski definition) is 1. The van der Waals surface area contributed by atoms with E-state index >= 15 is 0 Å². The Bertz CT molecular complexity index is 131. The molecule has 0 aliphatic carbocycles. The summed E-state index contributed by atoms with van der Waals surface area (Å²) in [5, 5.41) is 3.53. The molecule has 1 atom stereocenters. The van der Waals surface area contributed by atoms with Crippen molar-refractivity contribution in [2.75, 3.05) is 13.1 Å². The summed E-state index contributed by atoms with van der Waals surface area (Å²) in [4.78, 5) is 0. The van der Waals surface area contributed by atoms with Gasteiger partial charge in [0.05, 0.1) is 0 Å². The molecule has 2 heteroatoms. The van der Waals surface area contributed by atoms with Gasteiger partial charge in [0.2, 0.25) is 0 Å². The van der Waals surface area contributed by atoms with Gasteiger partial charge in [-0.05, 0) is 38.8 Å². The minimum absolute atomic E-state index is 0.566. The van der Waals surface area contributed by atoms with Gasteiger partial charge in [-0.2, -0.15) is 0 Å². The smallest absolute Gasteiger partial charge is 0.0194 e. The van der Waals surface area contributed by atoms with Crippen molar-refractivity contribution in [1.82, 2.24) is 5.32 Å². The van der Waals surface area contributed by atoms with E-state index in [9.17, 15) is 0 Å². The molecule has 1 heterocycles. The van der Waals surface area contributed by atoms with Gasteiger partial charge in [0.1, 0.15) is 0 Å². The van der Waals surface area contributed by atoms with Crippen molar-refractivity contribution in [2.24, 2.45) is 0 Å². The molecule has 0 aromatic carbocycles. The highest BCUT2D eigenvalue weighted by molar-refractivity contribution is 14.1. The van der Waals surface area contributed by atoms with E-state index in [0.717, 1.165) is 0 Å². The molecule has 0 aromatic heterocycles. The largest absolute Gasteiger partial charge is 0.317 e. The van der Waals surface area contributed by atoms with E-state index in [1.165, 1.54) is 64.5 Å². The van der Waals surface area contributed by atoms with E-state index in [1.807, 2.05) is 0 Å². The number of alkyl halides is 1. The van der Waals surface area contributed by atoms with Crippen molar-refractivity contribution in [2.45, 2.75) is 61.7 Å². The van der Waals surface area contributed by atoms with Crippen LogP contribution in [-0.4, -0.2) is 16.5 Å². The van der Waals surface area contributed by atoms with Crippen LogP contribution in [0.5, 0.6) is 0 Å². The highest BCUT2D eigenvalue weighted by atomic mass is 127. The average Bonchev–Trinajstić information content (AvgIpc) is 2.11. The molecule has 0 spiro atoms. The molecule has 0 amide bonds. The van der Waals surface area contributed by atoms with Gasteiger partial charge in [-0.15, -0.1) is 0 Å². The first kappa shape index (κ1) is 12.8. The predicted molar refractivity (Wildman–Crippen MR) is 72.2 cm³/mol. The van der Waals surface area contributed by atoms with Gasteiger partial charge in [0, 0.05) is 3.42 Å². The Balaban J connectivity index is 2.24. The van der Waals surface area contributed by atoms with E-state index in [2.05, 4.69) is 34.8 Å². The Morgan fingerprint density at radius 3 is 2.07 bits per heavy atom. The van der Waals surface area contributed by atoms with Gasteiger partial charge in [-0.1, -0.05) is 55.2 Å². The molecule has 0 saturated carbocycles. The van der Waals surface area contributed by atoms with Crippen LogP contribution in [0, 0.1) is 0 Å². The fraction of sp³-hybridized carbons (Fsp3) is 1.00. The second-order valence-corrected chi connectivity index (χ2v) is 7.39. The monoisotopic (exact) mass is 309 g/mol. The van der Waals surface area contributed by atoms with E-state index in [4.69, 9.17) is 0 Å². The Labute approximate surface area is 103 Å². The number of nitrogens with one attached hydrogen (secondary N) is 1. The predicted octanol–water partition coefficient (Wildman–Crippen LogP) is 3.90. The van der Waals surface area contributed by atoms with Crippen molar-refractivity contribution in [1.29, 1.82) is 0 Å². The van der Waals surface area contributed by atoms with E-state index in [0.29, 0.717) is 3.42 Å². The molecule has 1 fully saturated rings. The van der Waals surface area contributed by atoms with Crippen LogP contribution in [0.25, 0.3) is 0 Å². The SMILES string of the molecule is CC1(I)CCCCCCNCCCC1. The van der Waals surface area contributed by atoms with Crippen LogP contribution in [0.2, 0.25) is 0 Å². The lowest BCUT2D eigenvalue weighted by Gasteiger charge is -2.23. The average molecular weight is 309 g/mol. The second kappa shape index (κ2) is 7.04. The van der Waals surface area contributed by atoms with Gasteiger partial charge in [-0.25, -0.2) is 0 Å². The molecule has 1 aliphatic rings. The highest BCUT2D eigenvalue weighted by Gasteiger charge is 2.18. The van der Waals surface area contributed by atoms with E-state index in [-0.39, 0.29) is 0 Å². The van der Waals surface area contributed by atoms with E-state index < -0.39 is 0 Å². The summed E-state index contributed by atoms with van der Waals surface area (Å²) in [6, 6.07) is 0. The van der Waals surface area contributed by atoms with Crippen LogP contribution in [-0.2, 0) is 0 Å².